The van der Waals surface area contributed by atoms with Gasteiger partial charge in [-0.3, -0.25) is 4.90 Å². The lowest BCUT2D eigenvalue weighted by Gasteiger charge is -2.31. The molecule has 5 nitrogen and oxygen atoms in total. The molecule has 0 bridgehead atoms. The zero-order valence-electron chi connectivity index (χ0n) is 9.85. The van der Waals surface area contributed by atoms with Crippen molar-refractivity contribution in [3.05, 3.63) is 0 Å². The highest BCUT2D eigenvalue weighted by Gasteiger charge is 2.26. The summed E-state index contributed by atoms with van der Waals surface area (Å²) in [5, 5.41) is 8.66. The van der Waals surface area contributed by atoms with Crippen LogP contribution in [0, 0.1) is 0 Å². The number of hydrogen-bond acceptors (Lipinski definition) is 5. The van der Waals surface area contributed by atoms with Crippen molar-refractivity contribution in [1.82, 2.24) is 4.90 Å². The fourth-order valence-electron chi connectivity index (χ4n) is 1.80. The maximum atomic E-state index is 11.3. The molecular formula is C11H21NO4. The number of unbranched alkanes of at least 4 members (excludes halogenated alkanes) is 2. The number of morpholine rings is 1. The van der Waals surface area contributed by atoms with Gasteiger partial charge in [0.25, 0.3) is 0 Å². The molecule has 0 radical (unpaired) electrons. The van der Waals surface area contributed by atoms with Crippen molar-refractivity contribution in [3.8, 4) is 0 Å². The Hall–Kier alpha value is -0.650. The summed E-state index contributed by atoms with van der Waals surface area (Å²) in [7, 11) is 1.38. The monoisotopic (exact) mass is 231 g/mol. The van der Waals surface area contributed by atoms with Crippen LogP contribution in [-0.4, -0.2) is 62.0 Å². The Morgan fingerprint density at radius 3 is 3.00 bits per heavy atom. The third kappa shape index (κ3) is 4.47. The highest BCUT2D eigenvalue weighted by molar-refractivity contribution is 5.74. The Balaban J connectivity index is 2.20. The van der Waals surface area contributed by atoms with Crippen LogP contribution in [0.1, 0.15) is 19.3 Å². The summed E-state index contributed by atoms with van der Waals surface area (Å²) in [6.45, 7) is 3.28. The van der Waals surface area contributed by atoms with Crippen molar-refractivity contribution in [2.45, 2.75) is 25.4 Å². The molecule has 16 heavy (non-hydrogen) atoms. The molecule has 1 fully saturated rings. The van der Waals surface area contributed by atoms with Crippen LogP contribution in [-0.2, 0) is 14.3 Å². The van der Waals surface area contributed by atoms with Gasteiger partial charge in [-0.1, -0.05) is 0 Å². The molecule has 1 rings (SSSR count). The molecule has 1 atom stereocenters. The molecule has 1 heterocycles. The van der Waals surface area contributed by atoms with Crippen LogP contribution >= 0.6 is 0 Å². The van der Waals surface area contributed by atoms with Crippen molar-refractivity contribution in [3.63, 3.8) is 0 Å². The summed E-state index contributed by atoms with van der Waals surface area (Å²) < 4.78 is 9.99. The summed E-state index contributed by atoms with van der Waals surface area (Å²) in [4.78, 5) is 13.5. The van der Waals surface area contributed by atoms with Crippen molar-refractivity contribution >= 4 is 5.97 Å². The molecule has 0 aromatic carbocycles. The van der Waals surface area contributed by atoms with Crippen molar-refractivity contribution in [1.29, 1.82) is 0 Å². The topological polar surface area (TPSA) is 59.0 Å². The quantitative estimate of drug-likeness (QED) is 0.516. The van der Waals surface area contributed by atoms with Gasteiger partial charge in [-0.15, -0.1) is 0 Å². The van der Waals surface area contributed by atoms with Gasteiger partial charge in [-0.2, -0.15) is 0 Å². The number of nitrogens with zero attached hydrogens (tertiary/aromatic N) is 1. The Kier molecular flexibility index (Phi) is 6.37. The number of carbonyl (C=O) groups is 1. The SMILES string of the molecule is COC(=O)C1CN(CCCCCO)CCO1. The van der Waals surface area contributed by atoms with Gasteiger partial charge in [0.05, 0.1) is 13.7 Å². The maximum Gasteiger partial charge on any atom is 0.336 e. The van der Waals surface area contributed by atoms with Crippen LogP contribution in [0.5, 0.6) is 0 Å². The third-order valence-corrected chi connectivity index (χ3v) is 2.75. The van der Waals surface area contributed by atoms with E-state index in [2.05, 4.69) is 9.64 Å². The molecule has 0 aromatic heterocycles. The molecule has 1 N–H and O–H groups in total. The van der Waals surface area contributed by atoms with E-state index >= 15 is 0 Å². The van der Waals surface area contributed by atoms with E-state index in [9.17, 15) is 4.79 Å². The summed E-state index contributed by atoms with van der Waals surface area (Å²) >= 11 is 0. The van der Waals surface area contributed by atoms with Crippen LogP contribution in [0.25, 0.3) is 0 Å². The minimum Gasteiger partial charge on any atom is -0.467 e. The van der Waals surface area contributed by atoms with Crippen LogP contribution in [0.3, 0.4) is 0 Å². The van der Waals surface area contributed by atoms with Gasteiger partial charge in [0.2, 0.25) is 0 Å². The van der Waals surface area contributed by atoms with Gasteiger partial charge in [0.15, 0.2) is 6.10 Å². The Bertz CT molecular complexity index is 210. The minimum atomic E-state index is -0.434. The molecule has 94 valence electrons. The minimum absolute atomic E-state index is 0.258. The zero-order chi connectivity index (χ0) is 11.8. The second-order valence-corrected chi connectivity index (χ2v) is 3.97. The molecule has 0 saturated carbocycles. The lowest BCUT2D eigenvalue weighted by molar-refractivity contribution is -0.159. The van der Waals surface area contributed by atoms with E-state index in [1.807, 2.05) is 0 Å². The number of hydrogen-bond donors (Lipinski definition) is 1. The summed E-state index contributed by atoms with van der Waals surface area (Å²) in [5.41, 5.74) is 0. The molecule has 1 saturated heterocycles. The second kappa shape index (κ2) is 7.60. The molecule has 1 unspecified atom stereocenters. The highest BCUT2D eigenvalue weighted by atomic mass is 16.6. The molecule has 0 amide bonds. The average molecular weight is 231 g/mol. The smallest absolute Gasteiger partial charge is 0.336 e. The lowest BCUT2D eigenvalue weighted by Crippen LogP contribution is -2.46. The molecule has 0 spiro atoms. The van der Waals surface area contributed by atoms with Crippen molar-refractivity contribution < 1.29 is 19.4 Å². The van der Waals surface area contributed by atoms with Gasteiger partial charge in [-0.25, -0.2) is 4.79 Å². The van der Waals surface area contributed by atoms with Crippen LogP contribution in [0.4, 0.5) is 0 Å². The Morgan fingerprint density at radius 2 is 2.31 bits per heavy atom. The second-order valence-electron chi connectivity index (χ2n) is 3.97. The van der Waals surface area contributed by atoms with Gasteiger partial charge < -0.3 is 14.6 Å². The van der Waals surface area contributed by atoms with Crippen LogP contribution in [0.2, 0.25) is 0 Å². The predicted molar refractivity (Wildman–Crippen MR) is 59.1 cm³/mol. The number of rotatable bonds is 6. The number of carbonyl (C=O) groups excluding carboxylic acids is 1. The summed E-state index contributed by atoms with van der Waals surface area (Å²) in [5.74, 6) is -0.292. The number of esters is 1. The number of aliphatic hydroxyl groups excluding tert-OH is 1. The lowest BCUT2D eigenvalue weighted by atomic mass is 10.2. The van der Waals surface area contributed by atoms with E-state index in [1.165, 1.54) is 7.11 Å². The molecule has 1 aliphatic rings. The van der Waals surface area contributed by atoms with E-state index in [4.69, 9.17) is 9.84 Å². The van der Waals surface area contributed by atoms with E-state index in [0.717, 1.165) is 32.4 Å². The first-order chi connectivity index (χ1) is 7.77. The standard InChI is InChI=1S/C11H21NO4/c1-15-11(14)10-9-12(6-8-16-10)5-3-2-4-7-13/h10,13H,2-9H2,1H3. The first-order valence-electron chi connectivity index (χ1n) is 5.80. The predicted octanol–water partition coefficient (Wildman–Crippen LogP) is 0.0228. The fraction of sp³-hybridized carbons (Fsp3) is 0.909. The molecule has 1 aliphatic heterocycles. The average Bonchev–Trinajstić information content (AvgIpc) is 2.34. The molecular weight excluding hydrogens is 210 g/mol. The maximum absolute atomic E-state index is 11.3. The Morgan fingerprint density at radius 1 is 1.50 bits per heavy atom. The van der Waals surface area contributed by atoms with Crippen LogP contribution in [0.15, 0.2) is 0 Å². The van der Waals surface area contributed by atoms with Crippen molar-refractivity contribution in [2.75, 3.05) is 40.0 Å². The van der Waals surface area contributed by atoms with E-state index < -0.39 is 6.10 Å². The number of ether oxygens (including phenoxy) is 2. The molecule has 0 aliphatic carbocycles. The third-order valence-electron chi connectivity index (χ3n) is 2.75. The normalized spacial score (nSPS) is 22.0. The number of aliphatic hydroxyl groups is 1. The summed E-state index contributed by atoms with van der Waals surface area (Å²) in [6, 6.07) is 0. The van der Waals surface area contributed by atoms with E-state index in [-0.39, 0.29) is 12.6 Å². The van der Waals surface area contributed by atoms with Crippen LogP contribution < -0.4 is 0 Å². The van der Waals surface area contributed by atoms with E-state index in [1.54, 1.807) is 0 Å². The van der Waals surface area contributed by atoms with Gasteiger partial charge >= 0.3 is 5.97 Å². The number of methoxy groups -OCH3 is 1. The fourth-order valence-corrected chi connectivity index (χ4v) is 1.80. The van der Waals surface area contributed by atoms with Gasteiger partial charge in [0.1, 0.15) is 0 Å². The molecule has 0 aromatic rings. The van der Waals surface area contributed by atoms with Crippen molar-refractivity contribution in [2.24, 2.45) is 0 Å². The van der Waals surface area contributed by atoms with Gasteiger partial charge in [-0.05, 0) is 25.8 Å². The first kappa shape index (κ1) is 13.4. The first-order valence-corrected chi connectivity index (χ1v) is 5.80. The Labute approximate surface area is 96.3 Å². The molecule has 5 heteroatoms. The largest absolute Gasteiger partial charge is 0.467 e. The van der Waals surface area contributed by atoms with Gasteiger partial charge in [0, 0.05) is 19.7 Å². The highest BCUT2D eigenvalue weighted by Crippen LogP contribution is 2.08. The summed E-state index contributed by atoms with van der Waals surface area (Å²) in [6.07, 6.45) is 2.49. The zero-order valence-corrected chi connectivity index (χ0v) is 9.85. The van der Waals surface area contributed by atoms with E-state index in [0.29, 0.717) is 13.2 Å².